The van der Waals surface area contributed by atoms with Crippen LogP contribution in [0.25, 0.3) is 0 Å². The highest BCUT2D eigenvalue weighted by Crippen LogP contribution is 2.27. The maximum Gasteiger partial charge on any atom is 0.138 e. The lowest BCUT2D eigenvalue weighted by Crippen LogP contribution is -2.31. The number of rotatable bonds is 3. The van der Waals surface area contributed by atoms with Crippen LogP contribution in [0.3, 0.4) is 0 Å². The molecular formula is C13H18FIN2O. The first kappa shape index (κ1) is 13.9. The van der Waals surface area contributed by atoms with Crippen LogP contribution in [0.5, 0.6) is 0 Å². The largest absolute Gasteiger partial charge is 0.397 e. The molecule has 18 heavy (non-hydrogen) atoms. The fraction of sp³-hybridized carbons (Fsp3) is 0.538. The molecule has 1 aromatic carbocycles. The van der Waals surface area contributed by atoms with Crippen molar-refractivity contribution in [3.05, 3.63) is 21.5 Å². The predicted octanol–water partition coefficient (Wildman–Crippen LogP) is 3.24. The van der Waals surface area contributed by atoms with Gasteiger partial charge >= 0.3 is 0 Å². The average Bonchev–Trinajstić information content (AvgIpc) is 2.37. The Labute approximate surface area is 120 Å². The molecule has 1 unspecified atom stereocenters. The van der Waals surface area contributed by atoms with Crippen LogP contribution in [0.15, 0.2) is 12.1 Å². The number of nitrogen functional groups attached to an aromatic ring is 1. The summed E-state index contributed by atoms with van der Waals surface area (Å²) in [6.07, 6.45) is 2.09. The Hall–Kier alpha value is -0.560. The fourth-order valence-electron chi connectivity index (χ4n) is 2.27. The Balaban J connectivity index is 2.06. The van der Waals surface area contributed by atoms with Crippen molar-refractivity contribution in [3.63, 3.8) is 0 Å². The summed E-state index contributed by atoms with van der Waals surface area (Å²) in [6.45, 7) is 3.74. The molecule has 3 nitrogen and oxygen atoms in total. The Morgan fingerprint density at radius 2 is 2.11 bits per heavy atom. The van der Waals surface area contributed by atoms with Crippen LogP contribution in [0, 0.1) is 15.3 Å². The first-order chi connectivity index (χ1) is 8.58. The van der Waals surface area contributed by atoms with Crippen LogP contribution in [0.2, 0.25) is 0 Å². The van der Waals surface area contributed by atoms with Crippen LogP contribution in [-0.2, 0) is 4.74 Å². The summed E-state index contributed by atoms with van der Waals surface area (Å²) in [5, 5.41) is 3.32. The van der Waals surface area contributed by atoms with Crippen LogP contribution in [0.1, 0.15) is 19.8 Å². The minimum atomic E-state index is -0.230. The zero-order chi connectivity index (χ0) is 13.1. The van der Waals surface area contributed by atoms with E-state index in [1.165, 1.54) is 6.07 Å². The van der Waals surface area contributed by atoms with Gasteiger partial charge in [0.05, 0.1) is 14.9 Å². The Morgan fingerprint density at radius 1 is 1.44 bits per heavy atom. The Kier molecular flexibility index (Phi) is 4.66. The lowest BCUT2D eigenvalue weighted by atomic mass is 9.93. The van der Waals surface area contributed by atoms with E-state index in [9.17, 15) is 4.39 Å². The van der Waals surface area contributed by atoms with Crippen molar-refractivity contribution in [2.75, 3.05) is 24.3 Å². The van der Waals surface area contributed by atoms with Gasteiger partial charge in [0.2, 0.25) is 0 Å². The Bertz CT molecular complexity index is 422. The molecule has 1 atom stereocenters. The van der Waals surface area contributed by atoms with Crippen LogP contribution in [0.4, 0.5) is 15.8 Å². The summed E-state index contributed by atoms with van der Waals surface area (Å²) >= 11 is 1.94. The highest BCUT2D eigenvalue weighted by atomic mass is 127. The van der Waals surface area contributed by atoms with Crippen molar-refractivity contribution in [2.24, 2.45) is 5.92 Å². The molecule has 0 aliphatic carbocycles. The number of hydrogen-bond acceptors (Lipinski definition) is 3. The molecule has 1 saturated heterocycles. The molecule has 0 radical (unpaired) electrons. The summed E-state index contributed by atoms with van der Waals surface area (Å²) < 4.78 is 19.4. The molecule has 0 aromatic heterocycles. The molecule has 1 heterocycles. The first-order valence-electron chi connectivity index (χ1n) is 6.16. The van der Waals surface area contributed by atoms with E-state index in [1.54, 1.807) is 6.07 Å². The number of ether oxygens (including phenoxy) is 1. The average molecular weight is 364 g/mol. The molecule has 0 saturated carbocycles. The molecule has 0 spiro atoms. The number of anilines is 2. The molecule has 0 amide bonds. The highest BCUT2D eigenvalue weighted by Gasteiger charge is 2.21. The van der Waals surface area contributed by atoms with E-state index < -0.39 is 0 Å². The van der Waals surface area contributed by atoms with Gasteiger partial charge < -0.3 is 15.8 Å². The quantitative estimate of drug-likeness (QED) is 0.640. The third kappa shape index (κ3) is 3.26. The van der Waals surface area contributed by atoms with Crippen molar-refractivity contribution < 1.29 is 9.13 Å². The molecule has 1 aliphatic heterocycles. The van der Waals surface area contributed by atoms with Crippen molar-refractivity contribution in [1.82, 2.24) is 0 Å². The molecule has 1 aliphatic rings. The van der Waals surface area contributed by atoms with E-state index in [2.05, 4.69) is 12.2 Å². The van der Waals surface area contributed by atoms with Crippen molar-refractivity contribution in [2.45, 2.75) is 25.8 Å². The minimum Gasteiger partial charge on any atom is -0.397 e. The minimum absolute atomic E-state index is 0.230. The number of halogens is 2. The summed E-state index contributed by atoms with van der Waals surface area (Å²) in [4.78, 5) is 0. The molecule has 1 aromatic rings. The number of nitrogens with one attached hydrogen (secondary N) is 1. The molecule has 0 bridgehead atoms. The summed E-state index contributed by atoms with van der Waals surface area (Å²) in [5.41, 5.74) is 7.19. The van der Waals surface area contributed by atoms with E-state index in [-0.39, 0.29) is 11.9 Å². The van der Waals surface area contributed by atoms with Gasteiger partial charge in [-0.05, 0) is 54.3 Å². The molecule has 2 rings (SSSR count). The maximum absolute atomic E-state index is 13.5. The van der Waals surface area contributed by atoms with Gasteiger partial charge in [-0.1, -0.05) is 0 Å². The van der Waals surface area contributed by atoms with E-state index in [1.807, 2.05) is 22.6 Å². The summed E-state index contributed by atoms with van der Waals surface area (Å²) in [5.74, 6) is 0.326. The summed E-state index contributed by atoms with van der Waals surface area (Å²) in [6, 6.07) is 3.41. The van der Waals surface area contributed by atoms with Gasteiger partial charge in [-0.2, -0.15) is 0 Å². The molecular weight excluding hydrogens is 346 g/mol. The number of benzene rings is 1. The molecule has 1 fully saturated rings. The van der Waals surface area contributed by atoms with Gasteiger partial charge in [-0.25, -0.2) is 4.39 Å². The summed E-state index contributed by atoms with van der Waals surface area (Å²) in [7, 11) is 0. The second-order valence-electron chi connectivity index (χ2n) is 4.74. The van der Waals surface area contributed by atoms with E-state index in [4.69, 9.17) is 10.5 Å². The third-order valence-electron chi connectivity index (χ3n) is 3.45. The molecule has 100 valence electrons. The van der Waals surface area contributed by atoms with E-state index in [0.717, 1.165) is 26.1 Å². The number of nitrogens with two attached hydrogens (primary N) is 1. The third-order valence-corrected chi connectivity index (χ3v) is 4.28. The Morgan fingerprint density at radius 3 is 2.78 bits per heavy atom. The second-order valence-corrected chi connectivity index (χ2v) is 5.90. The monoisotopic (exact) mass is 364 g/mol. The van der Waals surface area contributed by atoms with Gasteiger partial charge in [-0.3, -0.25) is 0 Å². The van der Waals surface area contributed by atoms with Gasteiger partial charge in [0, 0.05) is 25.3 Å². The van der Waals surface area contributed by atoms with Gasteiger partial charge in [-0.15, -0.1) is 0 Å². The van der Waals surface area contributed by atoms with E-state index >= 15 is 0 Å². The zero-order valence-electron chi connectivity index (χ0n) is 10.4. The maximum atomic E-state index is 13.5. The normalized spacial score (nSPS) is 18.6. The smallest absolute Gasteiger partial charge is 0.138 e. The SMILES string of the molecule is CC(Nc1cc(F)c(I)cc1N)C1CCOCC1. The predicted molar refractivity (Wildman–Crippen MR) is 80.2 cm³/mol. The van der Waals surface area contributed by atoms with Crippen molar-refractivity contribution in [3.8, 4) is 0 Å². The topological polar surface area (TPSA) is 47.3 Å². The first-order valence-corrected chi connectivity index (χ1v) is 7.24. The van der Waals surface area contributed by atoms with Crippen LogP contribution < -0.4 is 11.1 Å². The van der Waals surface area contributed by atoms with Gasteiger partial charge in [0.1, 0.15) is 5.82 Å². The fourth-order valence-corrected chi connectivity index (χ4v) is 2.76. The lowest BCUT2D eigenvalue weighted by molar-refractivity contribution is 0.0622. The van der Waals surface area contributed by atoms with Crippen molar-refractivity contribution in [1.29, 1.82) is 0 Å². The second kappa shape index (κ2) is 6.06. The van der Waals surface area contributed by atoms with Crippen molar-refractivity contribution >= 4 is 34.0 Å². The van der Waals surface area contributed by atoms with E-state index in [0.29, 0.717) is 20.9 Å². The molecule has 3 N–H and O–H groups in total. The van der Waals surface area contributed by atoms with Crippen LogP contribution >= 0.6 is 22.6 Å². The molecule has 5 heteroatoms. The van der Waals surface area contributed by atoms with Gasteiger partial charge in [0.25, 0.3) is 0 Å². The van der Waals surface area contributed by atoms with Gasteiger partial charge in [0.15, 0.2) is 0 Å². The zero-order valence-corrected chi connectivity index (χ0v) is 12.5. The standard InChI is InChI=1S/C13H18FIN2O/c1-8(9-2-4-18-5-3-9)17-13-6-10(14)11(15)7-12(13)16/h6-9,17H,2-5,16H2,1H3. The highest BCUT2D eigenvalue weighted by molar-refractivity contribution is 14.1. The number of hydrogen-bond donors (Lipinski definition) is 2. The van der Waals surface area contributed by atoms with Crippen LogP contribution in [-0.4, -0.2) is 19.3 Å². The lowest BCUT2D eigenvalue weighted by Gasteiger charge is -2.29.